The lowest BCUT2D eigenvalue weighted by Gasteiger charge is -2.32. The van der Waals surface area contributed by atoms with Crippen molar-refractivity contribution in [3.63, 3.8) is 0 Å². The number of rotatable bonds is 7. The SMILES string of the molecule is CSCCCOc1cc2c(cc1Cl)-c1cc(=O)c(C(=O)O)cn1C(c1ccccc1)O2. The number of carbonyl (C=O) groups is 1. The summed E-state index contributed by atoms with van der Waals surface area (Å²) in [6.07, 6.45) is 3.60. The van der Waals surface area contributed by atoms with E-state index >= 15 is 0 Å². The number of nitrogens with zero attached hydrogens (tertiary/aromatic N) is 1. The minimum Gasteiger partial charge on any atom is -0.492 e. The van der Waals surface area contributed by atoms with Crippen LogP contribution in [0.3, 0.4) is 0 Å². The van der Waals surface area contributed by atoms with E-state index in [1.165, 1.54) is 12.3 Å². The van der Waals surface area contributed by atoms with Gasteiger partial charge in [-0.15, -0.1) is 0 Å². The summed E-state index contributed by atoms with van der Waals surface area (Å²) < 4.78 is 13.8. The number of carboxylic acids is 1. The summed E-state index contributed by atoms with van der Waals surface area (Å²) in [5, 5.41) is 9.82. The van der Waals surface area contributed by atoms with Crippen molar-refractivity contribution >= 4 is 29.3 Å². The molecule has 31 heavy (non-hydrogen) atoms. The Balaban J connectivity index is 1.83. The molecule has 0 spiro atoms. The molecule has 0 bridgehead atoms. The van der Waals surface area contributed by atoms with E-state index in [0.717, 1.165) is 17.7 Å². The highest BCUT2D eigenvalue weighted by Crippen LogP contribution is 2.44. The third-order valence-electron chi connectivity index (χ3n) is 4.95. The van der Waals surface area contributed by atoms with E-state index in [2.05, 4.69) is 0 Å². The predicted octanol–water partition coefficient (Wildman–Crippen LogP) is 4.94. The molecule has 2 heterocycles. The molecular weight excluding hydrogens is 438 g/mol. The Bertz CT molecular complexity index is 1180. The highest BCUT2D eigenvalue weighted by Gasteiger charge is 2.29. The van der Waals surface area contributed by atoms with Gasteiger partial charge in [0.2, 0.25) is 6.23 Å². The Hall–Kier alpha value is -2.90. The minimum absolute atomic E-state index is 0.323. The number of fused-ring (bicyclic) bond motifs is 3. The summed E-state index contributed by atoms with van der Waals surface area (Å²) in [5.41, 5.74) is 1.04. The number of thioether (sulfide) groups is 1. The molecule has 4 rings (SSSR count). The number of hydrogen-bond donors (Lipinski definition) is 1. The number of pyridine rings is 1. The molecule has 1 unspecified atom stereocenters. The monoisotopic (exact) mass is 457 g/mol. The molecule has 6 nitrogen and oxygen atoms in total. The molecule has 2 aromatic carbocycles. The Morgan fingerprint density at radius 3 is 2.74 bits per heavy atom. The number of hydrogen-bond acceptors (Lipinski definition) is 5. The Labute approximate surface area is 188 Å². The summed E-state index contributed by atoms with van der Waals surface area (Å²) in [4.78, 5) is 24.0. The van der Waals surface area contributed by atoms with Crippen LogP contribution < -0.4 is 14.9 Å². The Morgan fingerprint density at radius 2 is 2.03 bits per heavy atom. The zero-order valence-electron chi connectivity index (χ0n) is 16.7. The zero-order valence-corrected chi connectivity index (χ0v) is 18.3. The number of aromatic nitrogens is 1. The second kappa shape index (κ2) is 9.08. The molecule has 0 amide bonds. The first-order chi connectivity index (χ1) is 15.0. The quantitative estimate of drug-likeness (QED) is 0.506. The van der Waals surface area contributed by atoms with Gasteiger partial charge in [0.1, 0.15) is 17.1 Å². The predicted molar refractivity (Wildman–Crippen MR) is 122 cm³/mol. The van der Waals surface area contributed by atoms with Gasteiger partial charge in [0.05, 0.1) is 17.3 Å². The van der Waals surface area contributed by atoms with Crippen LogP contribution in [0.5, 0.6) is 11.5 Å². The lowest BCUT2D eigenvalue weighted by Crippen LogP contribution is -2.27. The van der Waals surface area contributed by atoms with E-state index in [4.69, 9.17) is 21.1 Å². The molecule has 3 aromatic rings. The first-order valence-electron chi connectivity index (χ1n) is 9.66. The van der Waals surface area contributed by atoms with Crippen LogP contribution in [-0.2, 0) is 0 Å². The first-order valence-corrected chi connectivity index (χ1v) is 11.4. The topological polar surface area (TPSA) is 77.8 Å². The molecule has 8 heteroatoms. The van der Waals surface area contributed by atoms with E-state index in [-0.39, 0.29) is 5.56 Å². The van der Waals surface area contributed by atoms with Crippen molar-refractivity contribution in [2.45, 2.75) is 12.6 Å². The lowest BCUT2D eigenvalue weighted by atomic mass is 10.0. The van der Waals surface area contributed by atoms with Gasteiger partial charge in [0, 0.05) is 29.5 Å². The summed E-state index contributed by atoms with van der Waals surface area (Å²) in [5.74, 6) is 0.717. The van der Waals surface area contributed by atoms with Crippen molar-refractivity contribution in [2.24, 2.45) is 0 Å². The van der Waals surface area contributed by atoms with Crippen molar-refractivity contribution in [3.8, 4) is 22.8 Å². The standard InChI is InChI=1S/C23H20ClNO5S/c1-31-9-5-8-29-21-12-20-15(10-17(21)24)18-11-19(26)16(23(27)28)13-25(18)22(30-20)14-6-3-2-4-7-14/h2-4,6-7,10-13,22H,5,8-9H2,1H3,(H,27,28). The summed E-state index contributed by atoms with van der Waals surface area (Å²) in [7, 11) is 0. The van der Waals surface area contributed by atoms with Crippen LogP contribution in [0.25, 0.3) is 11.3 Å². The molecule has 0 fully saturated rings. The van der Waals surface area contributed by atoms with Crippen molar-refractivity contribution in [3.05, 3.63) is 81.1 Å². The second-order valence-electron chi connectivity index (χ2n) is 7.00. The smallest absolute Gasteiger partial charge is 0.341 e. The van der Waals surface area contributed by atoms with Crippen LogP contribution in [-0.4, -0.2) is 34.3 Å². The van der Waals surface area contributed by atoms with Gasteiger partial charge >= 0.3 is 5.97 Å². The molecule has 1 atom stereocenters. The number of aromatic carboxylic acids is 1. The van der Waals surface area contributed by atoms with Gasteiger partial charge in [-0.1, -0.05) is 41.9 Å². The maximum Gasteiger partial charge on any atom is 0.341 e. The van der Waals surface area contributed by atoms with Gasteiger partial charge in [-0.05, 0) is 24.5 Å². The zero-order chi connectivity index (χ0) is 22.0. The average Bonchev–Trinajstić information content (AvgIpc) is 2.76. The second-order valence-corrected chi connectivity index (χ2v) is 8.40. The molecule has 1 aliphatic heterocycles. The van der Waals surface area contributed by atoms with E-state index in [1.807, 2.05) is 36.6 Å². The van der Waals surface area contributed by atoms with Crippen molar-refractivity contribution in [1.82, 2.24) is 4.57 Å². The normalized spacial score (nSPS) is 14.3. The van der Waals surface area contributed by atoms with Crippen LogP contribution in [0.2, 0.25) is 5.02 Å². The third-order valence-corrected chi connectivity index (χ3v) is 5.94. The van der Waals surface area contributed by atoms with Gasteiger partial charge < -0.3 is 19.1 Å². The third kappa shape index (κ3) is 4.29. The highest BCUT2D eigenvalue weighted by atomic mass is 35.5. The van der Waals surface area contributed by atoms with E-state index in [0.29, 0.717) is 34.4 Å². The molecule has 0 saturated carbocycles. The summed E-state index contributed by atoms with van der Waals surface area (Å²) in [6.45, 7) is 0.527. The fraction of sp³-hybridized carbons (Fsp3) is 0.217. The van der Waals surface area contributed by atoms with Crippen LogP contribution in [0.15, 0.2) is 59.5 Å². The van der Waals surface area contributed by atoms with Crippen molar-refractivity contribution in [2.75, 3.05) is 18.6 Å². The summed E-state index contributed by atoms with van der Waals surface area (Å²) in [6, 6.07) is 14.1. The van der Waals surface area contributed by atoms with Crippen molar-refractivity contribution in [1.29, 1.82) is 0 Å². The van der Waals surface area contributed by atoms with Crippen LogP contribution >= 0.6 is 23.4 Å². The lowest BCUT2D eigenvalue weighted by molar-refractivity contribution is 0.0693. The van der Waals surface area contributed by atoms with Gasteiger partial charge in [-0.25, -0.2) is 4.79 Å². The average molecular weight is 458 g/mol. The number of ether oxygens (including phenoxy) is 2. The van der Waals surface area contributed by atoms with Crippen molar-refractivity contribution < 1.29 is 19.4 Å². The number of carboxylic acid groups (broad SMARTS) is 1. The van der Waals surface area contributed by atoms with Gasteiger partial charge in [0.25, 0.3) is 0 Å². The fourth-order valence-electron chi connectivity index (χ4n) is 3.47. The van der Waals surface area contributed by atoms with Gasteiger partial charge in [0.15, 0.2) is 5.43 Å². The Morgan fingerprint density at radius 1 is 1.26 bits per heavy atom. The maximum absolute atomic E-state index is 12.4. The number of halogens is 1. The molecule has 1 aromatic heterocycles. The highest BCUT2D eigenvalue weighted by molar-refractivity contribution is 7.98. The molecule has 1 aliphatic rings. The molecule has 0 saturated heterocycles. The first kappa shape index (κ1) is 21.3. The van der Waals surface area contributed by atoms with Gasteiger partial charge in [-0.3, -0.25) is 4.79 Å². The minimum atomic E-state index is -1.29. The molecule has 160 valence electrons. The number of benzene rings is 2. The summed E-state index contributed by atoms with van der Waals surface area (Å²) >= 11 is 8.19. The van der Waals surface area contributed by atoms with Crippen LogP contribution in [0.4, 0.5) is 0 Å². The van der Waals surface area contributed by atoms with Crippen LogP contribution in [0.1, 0.15) is 28.6 Å². The maximum atomic E-state index is 12.4. The molecule has 1 N–H and O–H groups in total. The van der Waals surface area contributed by atoms with E-state index in [9.17, 15) is 14.7 Å². The molecular formula is C23H20ClNO5S. The molecule has 0 aliphatic carbocycles. The van der Waals surface area contributed by atoms with Gasteiger partial charge in [-0.2, -0.15) is 11.8 Å². The molecule has 0 radical (unpaired) electrons. The van der Waals surface area contributed by atoms with E-state index in [1.54, 1.807) is 28.5 Å². The Kier molecular flexibility index (Phi) is 6.25. The largest absolute Gasteiger partial charge is 0.492 e. The van der Waals surface area contributed by atoms with E-state index < -0.39 is 17.6 Å². The van der Waals surface area contributed by atoms with Crippen LogP contribution in [0, 0.1) is 0 Å². The fourth-order valence-corrected chi connectivity index (χ4v) is 4.10.